The zero-order valence-electron chi connectivity index (χ0n) is 19.7. The van der Waals surface area contributed by atoms with Crippen LogP contribution in [0.4, 0.5) is 5.69 Å². The van der Waals surface area contributed by atoms with Crippen LogP contribution in [0.2, 0.25) is 0 Å². The molecule has 0 fully saturated rings. The van der Waals surface area contributed by atoms with Crippen molar-refractivity contribution in [1.29, 1.82) is 0 Å². The summed E-state index contributed by atoms with van der Waals surface area (Å²) in [5.74, 6) is -0.569. The van der Waals surface area contributed by atoms with Gasteiger partial charge in [0.05, 0.1) is 30.4 Å². The van der Waals surface area contributed by atoms with Crippen LogP contribution >= 0.6 is 0 Å². The Labute approximate surface area is 204 Å². The van der Waals surface area contributed by atoms with Gasteiger partial charge in [0.15, 0.2) is 23.9 Å². The number of para-hydroxylation sites is 1. The third kappa shape index (κ3) is 6.39. The number of ketones is 1. The van der Waals surface area contributed by atoms with Crippen molar-refractivity contribution >= 4 is 27.5 Å². The van der Waals surface area contributed by atoms with Crippen LogP contribution in [0.25, 0.3) is 0 Å². The molecule has 0 unspecified atom stereocenters. The van der Waals surface area contributed by atoms with Crippen LogP contribution in [0.3, 0.4) is 0 Å². The molecule has 1 N–H and O–H groups in total. The van der Waals surface area contributed by atoms with Gasteiger partial charge >= 0.3 is 5.97 Å². The van der Waals surface area contributed by atoms with Crippen LogP contribution in [0.5, 0.6) is 11.5 Å². The minimum absolute atomic E-state index is 0.0173. The second kappa shape index (κ2) is 11.5. The molecule has 9 heteroatoms. The van der Waals surface area contributed by atoms with Gasteiger partial charge in [-0.2, -0.15) is 0 Å². The second-order valence-electron chi connectivity index (χ2n) is 7.61. The summed E-state index contributed by atoms with van der Waals surface area (Å²) >= 11 is 0. The van der Waals surface area contributed by atoms with Crippen molar-refractivity contribution in [1.82, 2.24) is 0 Å². The number of benzene rings is 3. The van der Waals surface area contributed by atoms with Gasteiger partial charge in [0.25, 0.3) is 10.0 Å². The number of nitrogens with one attached hydrogen (secondary N) is 1. The van der Waals surface area contributed by atoms with Gasteiger partial charge in [0, 0.05) is 11.6 Å². The summed E-state index contributed by atoms with van der Waals surface area (Å²) in [5.41, 5.74) is 1.54. The molecular weight excluding hydrogens is 470 g/mol. The van der Waals surface area contributed by atoms with Crippen molar-refractivity contribution in [2.24, 2.45) is 0 Å². The van der Waals surface area contributed by atoms with Gasteiger partial charge in [0.2, 0.25) is 0 Å². The number of rotatable bonds is 11. The van der Waals surface area contributed by atoms with E-state index in [0.29, 0.717) is 11.3 Å². The number of carbonyl (C=O) groups is 2. The smallest absolute Gasteiger partial charge is 0.340 e. The fourth-order valence-electron chi connectivity index (χ4n) is 3.38. The maximum absolute atomic E-state index is 13.0. The summed E-state index contributed by atoms with van der Waals surface area (Å²) in [6, 6.07) is 17.3. The number of ether oxygens (including phenoxy) is 3. The first-order chi connectivity index (χ1) is 16.8. The highest BCUT2D eigenvalue weighted by Gasteiger charge is 2.21. The van der Waals surface area contributed by atoms with E-state index >= 15 is 0 Å². The Bertz CT molecular complexity index is 1300. The normalized spacial score (nSPS) is 10.9. The molecule has 0 aliphatic rings. The largest absolute Gasteiger partial charge is 0.493 e. The van der Waals surface area contributed by atoms with E-state index in [1.807, 2.05) is 12.1 Å². The fraction of sp³-hybridized carbons (Fsp3) is 0.231. The number of esters is 1. The average molecular weight is 498 g/mol. The van der Waals surface area contributed by atoms with E-state index in [9.17, 15) is 18.0 Å². The molecule has 3 aromatic carbocycles. The molecule has 0 atom stereocenters. The summed E-state index contributed by atoms with van der Waals surface area (Å²) in [7, 11) is -1.23. The Morgan fingerprint density at radius 2 is 1.57 bits per heavy atom. The molecule has 0 aliphatic carbocycles. The number of hydrogen-bond acceptors (Lipinski definition) is 7. The zero-order chi connectivity index (χ0) is 25.4. The molecule has 0 bridgehead atoms. The Morgan fingerprint density at radius 1 is 0.886 bits per heavy atom. The van der Waals surface area contributed by atoms with Crippen molar-refractivity contribution in [3.63, 3.8) is 0 Å². The molecule has 0 saturated heterocycles. The minimum Gasteiger partial charge on any atom is -0.493 e. The summed E-state index contributed by atoms with van der Waals surface area (Å²) in [6.07, 6.45) is 1.92. The highest BCUT2D eigenvalue weighted by molar-refractivity contribution is 7.92. The molecule has 0 saturated carbocycles. The first-order valence-corrected chi connectivity index (χ1v) is 12.4. The maximum Gasteiger partial charge on any atom is 0.340 e. The SMILES string of the molecule is CCCc1ccc(C(=O)COC(=O)c2ccccc2NS(=O)(=O)c2ccc(OC)c(OC)c2)cc1. The fourth-order valence-corrected chi connectivity index (χ4v) is 4.47. The first kappa shape index (κ1) is 25.8. The summed E-state index contributed by atoms with van der Waals surface area (Å²) < 4.78 is 43.8. The first-order valence-electron chi connectivity index (χ1n) is 10.9. The number of Topliss-reactive ketones (excluding diaryl/α,β-unsaturated/α-hetero) is 1. The van der Waals surface area contributed by atoms with Crippen molar-refractivity contribution in [2.75, 3.05) is 25.5 Å². The van der Waals surface area contributed by atoms with Gasteiger partial charge in [-0.1, -0.05) is 49.7 Å². The zero-order valence-corrected chi connectivity index (χ0v) is 20.6. The molecule has 0 aliphatic heterocycles. The van der Waals surface area contributed by atoms with E-state index in [1.165, 1.54) is 44.6 Å². The molecule has 8 nitrogen and oxygen atoms in total. The van der Waals surface area contributed by atoms with Gasteiger partial charge in [0.1, 0.15) is 0 Å². The number of anilines is 1. The van der Waals surface area contributed by atoms with Crippen molar-refractivity contribution in [3.05, 3.63) is 83.4 Å². The van der Waals surface area contributed by atoms with Crippen LogP contribution < -0.4 is 14.2 Å². The van der Waals surface area contributed by atoms with Crippen LogP contribution in [0, 0.1) is 0 Å². The molecule has 3 aromatic rings. The quantitative estimate of drug-likeness (QED) is 0.307. The van der Waals surface area contributed by atoms with Crippen LogP contribution in [0.1, 0.15) is 39.6 Å². The van der Waals surface area contributed by atoms with Gasteiger partial charge in [-0.3, -0.25) is 9.52 Å². The molecule has 0 heterocycles. The van der Waals surface area contributed by atoms with Crippen LogP contribution in [-0.4, -0.2) is 41.0 Å². The maximum atomic E-state index is 13.0. The topological polar surface area (TPSA) is 108 Å². The van der Waals surface area contributed by atoms with Crippen LogP contribution in [0.15, 0.2) is 71.6 Å². The Kier molecular flexibility index (Phi) is 8.48. The van der Waals surface area contributed by atoms with E-state index < -0.39 is 22.6 Å². The third-order valence-electron chi connectivity index (χ3n) is 5.21. The monoisotopic (exact) mass is 497 g/mol. The third-order valence-corrected chi connectivity index (χ3v) is 6.57. The average Bonchev–Trinajstić information content (AvgIpc) is 2.87. The number of hydrogen-bond donors (Lipinski definition) is 1. The summed E-state index contributed by atoms with van der Waals surface area (Å²) in [5, 5.41) is 0. The lowest BCUT2D eigenvalue weighted by Gasteiger charge is -2.14. The van der Waals surface area contributed by atoms with Gasteiger partial charge < -0.3 is 14.2 Å². The number of carbonyl (C=O) groups excluding carboxylic acids is 2. The highest BCUT2D eigenvalue weighted by atomic mass is 32.2. The molecule has 0 spiro atoms. The summed E-state index contributed by atoms with van der Waals surface area (Å²) in [6.45, 7) is 1.60. The van der Waals surface area contributed by atoms with E-state index in [2.05, 4.69) is 11.6 Å². The van der Waals surface area contributed by atoms with Crippen LogP contribution in [-0.2, 0) is 21.2 Å². The number of methoxy groups -OCH3 is 2. The lowest BCUT2D eigenvalue weighted by molar-refractivity contribution is 0.0476. The number of aryl methyl sites for hydroxylation is 1. The summed E-state index contributed by atoms with van der Waals surface area (Å²) in [4.78, 5) is 25.1. The van der Waals surface area contributed by atoms with Gasteiger partial charge in [-0.15, -0.1) is 0 Å². The van der Waals surface area contributed by atoms with E-state index in [0.717, 1.165) is 18.4 Å². The molecule has 3 rings (SSSR count). The predicted octanol–water partition coefficient (Wildman–Crippen LogP) is 4.50. The van der Waals surface area contributed by atoms with Gasteiger partial charge in [-0.25, -0.2) is 13.2 Å². The molecule has 0 radical (unpaired) electrons. The van der Waals surface area contributed by atoms with E-state index in [-0.39, 0.29) is 27.7 Å². The standard InChI is InChI=1S/C26H27NO7S/c1-4-7-18-10-12-19(13-11-18)23(28)17-34-26(29)21-8-5-6-9-22(21)27-35(30,31)20-14-15-24(32-2)25(16-20)33-3/h5-6,8-16,27H,4,7,17H2,1-3H3. The molecule has 0 aromatic heterocycles. The Balaban J connectivity index is 1.73. The second-order valence-corrected chi connectivity index (χ2v) is 9.30. The van der Waals surface area contributed by atoms with Gasteiger partial charge in [-0.05, 0) is 36.2 Å². The number of sulfonamides is 1. The lowest BCUT2D eigenvalue weighted by atomic mass is 10.1. The van der Waals surface area contributed by atoms with E-state index in [4.69, 9.17) is 14.2 Å². The minimum atomic E-state index is -4.07. The van der Waals surface area contributed by atoms with E-state index in [1.54, 1.807) is 24.3 Å². The van der Waals surface area contributed by atoms with Crippen molar-refractivity contribution in [2.45, 2.75) is 24.7 Å². The molecular formula is C26H27NO7S. The Hall–Kier alpha value is -3.85. The lowest BCUT2D eigenvalue weighted by Crippen LogP contribution is -2.18. The Morgan fingerprint density at radius 3 is 2.23 bits per heavy atom. The molecule has 184 valence electrons. The predicted molar refractivity (Wildman–Crippen MR) is 132 cm³/mol. The molecule has 35 heavy (non-hydrogen) atoms. The van der Waals surface area contributed by atoms with Crippen molar-refractivity contribution < 1.29 is 32.2 Å². The molecule has 0 amide bonds. The highest BCUT2D eigenvalue weighted by Crippen LogP contribution is 2.30. The van der Waals surface area contributed by atoms with Crippen molar-refractivity contribution in [3.8, 4) is 11.5 Å².